The minimum absolute atomic E-state index is 0.264. The van der Waals surface area contributed by atoms with Crippen LogP contribution in [0.15, 0.2) is 24.3 Å². The minimum Gasteiger partial charge on any atom is -0.397 e. The molecule has 0 saturated carbocycles. The number of anilines is 1. The molecule has 0 heterocycles. The number of rotatable bonds is 1. The van der Waals surface area contributed by atoms with Crippen LogP contribution in [-0.4, -0.2) is 0 Å². The fourth-order valence-electron chi connectivity index (χ4n) is 2.24. The van der Waals surface area contributed by atoms with E-state index < -0.39 is 0 Å². The molecule has 2 aliphatic rings. The van der Waals surface area contributed by atoms with Crippen molar-refractivity contribution in [1.29, 1.82) is 10.5 Å². The molecule has 0 aromatic heterocycles. The summed E-state index contributed by atoms with van der Waals surface area (Å²) < 4.78 is 0. The van der Waals surface area contributed by atoms with Crippen LogP contribution in [0.1, 0.15) is 36.5 Å². The van der Waals surface area contributed by atoms with E-state index in [4.69, 9.17) is 5.73 Å². The Bertz CT molecular complexity index is 657. The van der Waals surface area contributed by atoms with Gasteiger partial charge in [-0.25, -0.2) is 0 Å². The molecule has 88 valence electrons. The van der Waals surface area contributed by atoms with E-state index in [-0.39, 0.29) is 5.92 Å². The van der Waals surface area contributed by atoms with Gasteiger partial charge in [0, 0.05) is 11.1 Å². The standard InChI is InChI=1S/C15H13N3/c1-9(2)10-5-3-4-6-11-12(7-16)15(18)13(8-17)14(10)11/h3-6,9H,18H2,1-2H3. The number of fused-ring (bicyclic) bond motifs is 1. The molecule has 0 radical (unpaired) electrons. The molecule has 0 fully saturated rings. The normalized spacial score (nSPS) is 10.3. The zero-order chi connectivity index (χ0) is 13.3. The summed E-state index contributed by atoms with van der Waals surface area (Å²) in [6.45, 7) is 4.12. The highest BCUT2D eigenvalue weighted by atomic mass is 14.6. The maximum Gasteiger partial charge on any atom is 0.102 e. The first-order chi connectivity index (χ1) is 8.61. The van der Waals surface area contributed by atoms with Gasteiger partial charge in [-0.1, -0.05) is 38.1 Å². The molecule has 0 aromatic carbocycles. The van der Waals surface area contributed by atoms with Crippen molar-refractivity contribution >= 4 is 5.69 Å². The molecular weight excluding hydrogens is 222 g/mol. The first-order valence-corrected chi connectivity index (χ1v) is 5.76. The Balaban J connectivity index is 2.98. The lowest BCUT2D eigenvalue weighted by molar-refractivity contribution is 0.870. The third-order valence-electron chi connectivity index (χ3n) is 3.11. The van der Waals surface area contributed by atoms with Gasteiger partial charge in [-0.2, -0.15) is 10.5 Å². The molecule has 0 spiro atoms. The first-order valence-electron chi connectivity index (χ1n) is 5.76. The highest BCUT2D eigenvalue weighted by Gasteiger charge is 2.24. The van der Waals surface area contributed by atoms with E-state index in [9.17, 15) is 10.5 Å². The van der Waals surface area contributed by atoms with Gasteiger partial charge in [-0.15, -0.1) is 0 Å². The maximum absolute atomic E-state index is 9.27. The van der Waals surface area contributed by atoms with Gasteiger partial charge >= 0.3 is 0 Å². The molecule has 0 atom stereocenters. The van der Waals surface area contributed by atoms with E-state index in [1.165, 1.54) is 0 Å². The number of hydrogen-bond donors (Lipinski definition) is 1. The average molecular weight is 235 g/mol. The van der Waals surface area contributed by atoms with Crippen molar-refractivity contribution in [2.75, 3.05) is 5.73 Å². The van der Waals surface area contributed by atoms with E-state index in [1.807, 2.05) is 24.3 Å². The molecular formula is C15H13N3. The molecule has 2 rings (SSSR count). The second-order valence-electron chi connectivity index (χ2n) is 4.50. The lowest BCUT2D eigenvalue weighted by Crippen LogP contribution is -1.91. The predicted octanol–water partition coefficient (Wildman–Crippen LogP) is 3.24. The van der Waals surface area contributed by atoms with Crippen molar-refractivity contribution in [2.24, 2.45) is 0 Å². The quantitative estimate of drug-likeness (QED) is 0.824. The Hall–Kier alpha value is -2.52. The van der Waals surface area contributed by atoms with Crippen LogP contribution < -0.4 is 5.73 Å². The van der Waals surface area contributed by atoms with Gasteiger partial charge in [0.1, 0.15) is 12.1 Å². The molecule has 18 heavy (non-hydrogen) atoms. The lowest BCUT2D eigenvalue weighted by atomic mass is 9.95. The Kier molecular flexibility index (Phi) is 2.92. The fraction of sp³-hybridized carbons (Fsp3) is 0.200. The summed E-state index contributed by atoms with van der Waals surface area (Å²) in [5.74, 6) is 0.264. The highest BCUT2D eigenvalue weighted by Crippen LogP contribution is 2.41. The summed E-state index contributed by atoms with van der Waals surface area (Å²) in [7, 11) is 0. The van der Waals surface area contributed by atoms with Crippen LogP contribution in [0.5, 0.6) is 0 Å². The summed E-state index contributed by atoms with van der Waals surface area (Å²) >= 11 is 0. The smallest absolute Gasteiger partial charge is 0.102 e. The highest BCUT2D eigenvalue weighted by molar-refractivity contribution is 5.92. The van der Waals surface area contributed by atoms with E-state index in [0.29, 0.717) is 16.8 Å². The zero-order valence-electron chi connectivity index (χ0n) is 10.4. The summed E-state index contributed by atoms with van der Waals surface area (Å²) in [4.78, 5) is 0. The monoisotopic (exact) mass is 235 g/mol. The van der Waals surface area contributed by atoms with Crippen molar-refractivity contribution in [3.05, 3.63) is 41.0 Å². The minimum atomic E-state index is 0.264. The largest absolute Gasteiger partial charge is 0.397 e. The number of nitriles is 2. The fourth-order valence-corrected chi connectivity index (χ4v) is 2.24. The van der Waals surface area contributed by atoms with Gasteiger partial charge in [-0.05, 0) is 11.5 Å². The van der Waals surface area contributed by atoms with Crippen molar-refractivity contribution < 1.29 is 0 Å². The second-order valence-corrected chi connectivity index (χ2v) is 4.50. The van der Waals surface area contributed by atoms with E-state index >= 15 is 0 Å². The van der Waals surface area contributed by atoms with Gasteiger partial charge in [0.15, 0.2) is 0 Å². The molecule has 2 N–H and O–H groups in total. The number of nitrogen functional groups attached to an aromatic ring is 1. The first kappa shape index (κ1) is 12.0. The number of nitrogens with zero attached hydrogens (tertiary/aromatic N) is 2. The van der Waals surface area contributed by atoms with Crippen molar-refractivity contribution in [3.8, 4) is 23.3 Å². The van der Waals surface area contributed by atoms with Crippen molar-refractivity contribution in [3.63, 3.8) is 0 Å². The molecule has 0 saturated heterocycles. The zero-order valence-corrected chi connectivity index (χ0v) is 10.4. The molecule has 3 heteroatoms. The molecule has 0 bridgehead atoms. The van der Waals surface area contributed by atoms with Gasteiger partial charge < -0.3 is 5.73 Å². The predicted molar refractivity (Wildman–Crippen MR) is 71.0 cm³/mol. The van der Waals surface area contributed by atoms with Gasteiger partial charge in [-0.3, -0.25) is 0 Å². The lowest BCUT2D eigenvalue weighted by Gasteiger charge is -2.08. The van der Waals surface area contributed by atoms with Crippen molar-refractivity contribution in [1.82, 2.24) is 0 Å². The van der Waals surface area contributed by atoms with Gasteiger partial charge in [0.25, 0.3) is 0 Å². The third-order valence-corrected chi connectivity index (χ3v) is 3.11. The van der Waals surface area contributed by atoms with Crippen LogP contribution in [0.25, 0.3) is 11.1 Å². The number of hydrogen-bond acceptors (Lipinski definition) is 3. The third kappa shape index (κ3) is 1.58. The van der Waals surface area contributed by atoms with E-state index in [1.54, 1.807) is 0 Å². The SMILES string of the molecule is CC(C)c1ccccc2c(C#N)c(N)c(C#N)c1-2. The summed E-state index contributed by atoms with van der Waals surface area (Å²) in [5, 5.41) is 18.5. The molecule has 2 aliphatic carbocycles. The summed E-state index contributed by atoms with van der Waals surface area (Å²) in [6, 6.07) is 11.8. The second kappa shape index (κ2) is 4.39. The Morgan fingerprint density at radius 1 is 1.06 bits per heavy atom. The van der Waals surface area contributed by atoms with Crippen LogP contribution in [0.4, 0.5) is 5.69 Å². The Labute approximate surface area is 106 Å². The molecule has 0 unspecified atom stereocenters. The summed E-state index contributed by atoms with van der Waals surface area (Å²) in [6.07, 6.45) is 0. The topological polar surface area (TPSA) is 73.6 Å². The van der Waals surface area contributed by atoms with Crippen LogP contribution >= 0.6 is 0 Å². The Morgan fingerprint density at radius 2 is 1.67 bits per heavy atom. The average Bonchev–Trinajstić information content (AvgIpc) is 2.50. The van der Waals surface area contributed by atoms with Crippen molar-refractivity contribution in [2.45, 2.75) is 19.8 Å². The Morgan fingerprint density at radius 3 is 2.22 bits per heavy atom. The molecule has 3 nitrogen and oxygen atoms in total. The molecule has 0 amide bonds. The van der Waals surface area contributed by atoms with Gasteiger partial charge in [0.05, 0.1) is 16.8 Å². The van der Waals surface area contributed by atoms with E-state index in [2.05, 4.69) is 26.0 Å². The maximum atomic E-state index is 9.27. The number of nitrogens with two attached hydrogens (primary N) is 1. The molecule has 0 aromatic rings. The van der Waals surface area contributed by atoms with E-state index in [0.717, 1.165) is 16.7 Å². The van der Waals surface area contributed by atoms with Crippen LogP contribution in [0, 0.1) is 22.7 Å². The summed E-state index contributed by atoms with van der Waals surface area (Å²) in [5.41, 5.74) is 9.63. The van der Waals surface area contributed by atoms with Crippen LogP contribution in [0.2, 0.25) is 0 Å². The van der Waals surface area contributed by atoms with Gasteiger partial charge in [0.2, 0.25) is 0 Å². The van der Waals surface area contributed by atoms with Crippen LogP contribution in [-0.2, 0) is 0 Å². The molecule has 0 aliphatic heterocycles. The van der Waals surface area contributed by atoms with Crippen LogP contribution in [0.3, 0.4) is 0 Å².